The van der Waals surface area contributed by atoms with Crippen molar-refractivity contribution in [2.75, 3.05) is 79.2 Å². The Balaban J connectivity index is 4.06. The molecule has 0 aliphatic rings. The number of amides is 2. The summed E-state index contributed by atoms with van der Waals surface area (Å²) < 4.78 is 39.6. The molecular formula is C34H68N2O19. The molecule has 21 heteroatoms. The van der Waals surface area contributed by atoms with E-state index in [-0.39, 0.29) is 70.2 Å². The van der Waals surface area contributed by atoms with Crippen LogP contribution in [0, 0.1) is 0 Å². The van der Waals surface area contributed by atoms with E-state index in [2.05, 4.69) is 10.6 Å². The van der Waals surface area contributed by atoms with E-state index in [1.54, 1.807) is 13.8 Å². The van der Waals surface area contributed by atoms with Crippen molar-refractivity contribution < 1.29 is 93.8 Å². The van der Waals surface area contributed by atoms with Gasteiger partial charge in [0.1, 0.15) is 49.8 Å². The van der Waals surface area contributed by atoms with Crippen LogP contribution in [-0.4, -0.2) is 227 Å². The number of aliphatic hydroxyl groups excluding tert-OH is 10. The first-order valence-corrected chi connectivity index (χ1v) is 18.3. The molecule has 328 valence electrons. The second-order valence-corrected chi connectivity index (χ2v) is 13.6. The molecule has 0 saturated heterocycles. The molecule has 2 amide bonds. The van der Waals surface area contributed by atoms with E-state index in [0.29, 0.717) is 13.2 Å². The van der Waals surface area contributed by atoms with Crippen LogP contribution in [0.15, 0.2) is 0 Å². The number of aliphatic hydroxyl groups is 10. The summed E-state index contributed by atoms with van der Waals surface area (Å²) >= 11 is 0. The van der Waals surface area contributed by atoms with Gasteiger partial charge in [-0.15, -0.1) is 0 Å². The summed E-state index contributed by atoms with van der Waals surface area (Å²) in [6, 6.07) is 0. The van der Waals surface area contributed by atoms with Crippen LogP contribution in [0.4, 0.5) is 0 Å². The maximum atomic E-state index is 12.0. The predicted molar refractivity (Wildman–Crippen MR) is 192 cm³/mol. The third-order valence-corrected chi connectivity index (χ3v) is 7.83. The van der Waals surface area contributed by atoms with Crippen LogP contribution < -0.4 is 10.6 Å². The van der Waals surface area contributed by atoms with Crippen LogP contribution in [-0.2, 0) is 42.7 Å². The molecule has 0 aromatic heterocycles. The third kappa shape index (κ3) is 25.3. The number of carbonyl (C=O) groups excluding carboxylic acids is 2. The number of nitrogens with one attached hydrogen (secondary N) is 2. The van der Waals surface area contributed by atoms with Gasteiger partial charge in [-0.3, -0.25) is 9.59 Å². The Hall–Kier alpha value is -1.74. The van der Waals surface area contributed by atoms with Crippen LogP contribution in [0.25, 0.3) is 0 Å². The lowest BCUT2D eigenvalue weighted by atomic mass is 10.0. The topological polar surface area (TPSA) is 325 Å². The van der Waals surface area contributed by atoms with Gasteiger partial charge in [0.25, 0.3) is 0 Å². The highest BCUT2D eigenvalue weighted by Crippen LogP contribution is 2.07. The first-order valence-electron chi connectivity index (χ1n) is 18.3. The van der Waals surface area contributed by atoms with Crippen molar-refractivity contribution in [3.8, 4) is 0 Å². The molecule has 0 radical (unpaired) electrons. The van der Waals surface area contributed by atoms with Crippen molar-refractivity contribution in [3.05, 3.63) is 0 Å². The number of ether oxygens (including phenoxy) is 7. The molecule has 0 aromatic rings. The quantitative estimate of drug-likeness (QED) is 0.0289. The number of hydrogen-bond acceptors (Lipinski definition) is 19. The molecule has 55 heavy (non-hydrogen) atoms. The summed E-state index contributed by atoms with van der Waals surface area (Å²) in [5.74, 6) is -1.17. The van der Waals surface area contributed by atoms with Gasteiger partial charge in [-0.2, -0.15) is 0 Å². The Morgan fingerprint density at radius 3 is 1.02 bits per heavy atom. The van der Waals surface area contributed by atoms with Gasteiger partial charge >= 0.3 is 0 Å². The Morgan fingerprint density at radius 2 is 0.691 bits per heavy atom. The average Bonchev–Trinajstić information content (AvgIpc) is 3.17. The van der Waals surface area contributed by atoms with E-state index in [4.69, 9.17) is 43.4 Å². The molecule has 0 saturated carbocycles. The summed E-state index contributed by atoms with van der Waals surface area (Å²) in [7, 11) is 0. The minimum Gasteiger partial charge on any atom is -0.394 e. The third-order valence-electron chi connectivity index (χ3n) is 7.83. The van der Waals surface area contributed by atoms with Gasteiger partial charge < -0.3 is 94.9 Å². The van der Waals surface area contributed by atoms with Crippen molar-refractivity contribution in [2.45, 2.75) is 127 Å². The molecule has 0 bridgehead atoms. The summed E-state index contributed by atoms with van der Waals surface area (Å²) in [4.78, 5) is 23.9. The maximum Gasteiger partial charge on any atom is 0.246 e. The van der Waals surface area contributed by atoms with E-state index in [9.17, 15) is 50.4 Å². The van der Waals surface area contributed by atoms with Gasteiger partial charge in [0.2, 0.25) is 11.8 Å². The van der Waals surface area contributed by atoms with Crippen molar-refractivity contribution in [3.63, 3.8) is 0 Å². The molecule has 0 heterocycles. The summed E-state index contributed by atoms with van der Waals surface area (Å²) in [6.07, 6.45) is -15.5. The van der Waals surface area contributed by atoms with Crippen molar-refractivity contribution >= 4 is 11.8 Å². The molecule has 0 aromatic carbocycles. The molecule has 21 nitrogen and oxygen atoms in total. The minimum absolute atomic E-state index is 0.0919. The maximum absolute atomic E-state index is 12.0. The van der Waals surface area contributed by atoms with Gasteiger partial charge in [0.05, 0.1) is 102 Å². The zero-order valence-corrected chi connectivity index (χ0v) is 32.7. The fourth-order valence-corrected chi connectivity index (χ4v) is 4.23. The molecular weight excluding hydrogens is 740 g/mol. The van der Waals surface area contributed by atoms with Crippen LogP contribution in [0.2, 0.25) is 0 Å². The van der Waals surface area contributed by atoms with Gasteiger partial charge in [-0.1, -0.05) is 0 Å². The van der Waals surface area contributed by atoms with Crippen LogP contribution in [0.5, 0.6) is 0 Å². The number of rotatable bonds is 34. The number of carbonyl (C=O) groups is 2. The fourth-order valence-electron chi connectivity index (χ4n) is 4.23. The molecule has 12 N–H and O–H groups in total. The van der Waals surface area contributed by atoms with E-state index in [0.717, 1.165) is 0 Å². The SMILES string of the molecule is CC(COCC(=O)NCC(O)C(O)C(O)C(O)CO)OCC(C)OCC(C)OCC(C)OCC(C)OCC(C)OCC(=O)NCC(O)C(O)C(O)C(O)CO. The van der Waals surface area contributed by atoms with E-state index < -0.39 is 93.1 Å². The monoisotopic (exact) mass is 808 g/mol. The van der Waals surface area contributed by atoms with Crippen molar-refractivity contribution in [1.29, 1.82) is 0 Å². The zero-order chi connectivity index (χ0) is 42.1. The highest BCUT2D eigenvalue weighted by molar-refractivity contribution is 5.77. The predicted octanol–water partition coefficient (Wildman–Crippen LogP) is -5.46. The minimum atomic E-state index is -1.79. The first kappa shape index (κ1) is 53.3. The summed E-state index contributed by atoms with van der Waals surface area (Å²) in [5, 5.41) is 99.5. The van der Waals surface area contributed by atoms with E-state index in [1.807, 2.05) is 27.7 Å². The highest BCUT2D eigenvalue weighted by atomic mass is 16.6. The highest BCUT2D eigenvalue weighted by Gasteiger charge is 2.31. The van der Waals surface area contributed by atoms with Crippen LogP contribution in [0.1, 0.15) is 41.5 Å². The molecule has 0 aliphatic carbocycles. The van der Waals surface area contributed by atoms with Crippen molar-refractivity contribution in [2.24, 2.45) is 0 Å². The lowest BCUT2D eigenvalue weighted by molar-refractivity contribution is -0.133. The smallest absolute Gasteiger partial charge is 0.246 e. The second-order valence-electron chi connectivity index (χ2n) is 13.6. The summed E-state index contributed by atoms with van der Waals surface area (Å²) in [5.41, 5.74) is 0. The Labute approximate surface area is 322 Å². The van der Waals surface area contributed by atoms with Gasteiger partial charge in [0.15, 0.2) is 0 Å². The Bertz CT molecular complexity index is 989. The molecule has 14 unspecified atom stereocenters. The fraction of sp³-hybridized carbons (Fsp3) is 0.941. The van der Waals surface area contributed by atoms with E-state index in [1.165, 1.54) is 0 Å². The van der Waals surface area contributed by atoms with Gasteiger partial charge in [-0.25, -0.2) is 0 Å². The molecule has 0 aliphatic heterocycles. The lowest BCUT2D eigenvalue weighted by Gasteiger charge is -2.25. The molecule has 0 spiro atoms. The standard InChI is InChI=1S/C34H68N2O19/c1-19(11-49-17-29(43)35-7-25(39)31(45)33(47)27(41)9-37)50-12-20(2)51-13-21(3)52-14-22(4)53-15-23(5)54-16-24(6)55-18-30(44)36-8-26(40)32(46)34(48)28(42)10-38/h19-28,31-34,37-42,45-48H,7-18H2,1-6H3,(H,35,43)(H,36,44). The second kappa shape index (κ2) is 30.4. The molecule has 0 fully saturated rings. The van der Waals surface area contributed by atoms with Gasteiger partial charge in [-0.05, 0) is 41.5 Å². The van der Waals surface area contributed by atoms with E-state index >= 15 is 0 Å². The molecule has 0 rings (SSSR count). The van der Waals surface area contributed by atoms with Crippen LogP contribution >= 0.6 is 0 Å². The molecule has 14 atom stereocenters. The van der Waals surface area contributed by atoms with Gasteiger partial charge in [0, 0.05) is 13.1 Å². The normalized spacial score (nSPS) is 19.8. The van der Waals surface area contributed by atoms with Crippen molar-refractivity contribution in [1.82, 2.24) is 10.6 Å². The average molecular weight is 809 g/mol. The zero-order valence-electron chi connectivity index (χ0n) is 32.7. The Morgan fingerprint density at radius 1 is 0.418 bits per heavy atom. The first-order chi connectivity index (χ1) is 25.8. The largest absolute Gasteiger partial charge is 0.394 e. The number of hydrogen-bond donors (Lipinski definition) is 12. The lowest BCUT2D eigenvalue weighted by Crippen LogP contribution is -2.50. The van der Waals surface area contributed by atoms with Crippen LogP contribution in [0.3, 0.4) is 0 Å². The summed E-state index contributed by atoms with van der Waals surface area (Å²) in [6.45, 7) is 9.07. The Kier molecular flexibility index (Phi) is 29.4.